The Morgan fingerprint density at radius 3 is 2.52 bits per heavy atom. The Balaban J connectivity index is 1.81. The fourth-order valence-corrected chi connectivity index (χ4v) is 3.43. The van der Waals surface area contributed by atoms with Crippen LogP contribution in [0.1, 0.15) is 17.5 Å². The summed E-state index contributed by atoms with van der Waals surface area (Å²) in [5, 5.41) is 12.3. The minimum Gasteiger partial charge on any atom is -0.481 e. The van der Waals surface area contributed by atoms with E-state index in [1.54, 1.807) is 24.3 Å². The number of carboxylic acid groups (broad SMARTS) is 1. The molecule has 10 heteroatoms. The number of hydrogen-bond donors (Lipinski definition) is 3. The fraction of sp³-hybridized carbons (Fsp3) is 0.174. The predicted octanol–water partition coefficient (Wildman–Crippen LogP) is 1.82. The number of para-hydroxylation sites is 1. The number of benzene rings is 2. The molecule has 33 heavy (non-hydrogen) atoms. The number of pyridine rings is 1. The van der Waals surface area contributed by atoms with Gasteiger partial charge in [-0.3, -0.25) is 14.2 Å². The zero-order chi connectivity index (χ0) is 23.5. The van der Waals surface area contributed by atoms with Crippen molar-refractivity contribution in [2.45, 2.75) is 26.4 Å². The number of aromatic nitrogens is 4. The van der Waals surface area contributed by atoms with Gasteiger partial charge in [-0.2, -0.15) is 4.98 Å². The Morgan fingerprint density at radius 2 is 1.79 bits per heavy atom. The van der Waals surface area contributed by atoms with Crippen LogP contribution in [0.3, 0.4) is 0 Å². The molecule has 0 aliphatic carbocycles. The van der Waals surface area contributed by atoms with Crippen LogP contribution in [0.15, 0.2) is 69.0 Å². The first kappa shape index (κ1) is 21.8. The van der Waals surface area contributed by atoms with E-state index in [4.69, 9.17) is 5.11 Å². The summed E-state index contributed by atoms with van der Waals surface area (Å²) in [6, 6.07) is 15.7. The summed E-state index contributed by atoms with van der Waals surface area (Å²) in [7, 11) is 0. The second-order valence-electron chi connectivity index (χ2n) is 7.59. The first-order chi connectivity index (χ1) is 15.8. The molecule has 3 N–H and O–H groups in total. The number of fused-ring (bicyclic) bond motifs is 1. The molecule has 168 valence electrons. The SMILES string of the molecule is Cc1ccc(Cn2c(Nc3cc(=O)c4ccccc4[nH]3)nc(=O)n(CCC(=O)O)c2=O)cc1. The summed E-state index contributed by atoms with van der Waals surface area (Å²) < 4.78 is 2.03. The number of nitrogens with zero attached hydrogens (tertiary/aromatic N) is 3. The number of nitrogens with one attached hydrogen (secondary N) is 2. The highest BCUT2D eigenvalue weighted by atomic mass is 16.4. The van der Waals surface area contributed by atoms with Crippen LogP contribution >= 0.6 is 0 Å². The molecule has 0 bridgehead atoms. The summed E-state index contributed by atoms with van der Waals surface area (Å²) in [5.41, 5.74) is 0.573. The first-order valence-corrected chi connectivity index (χ1v) is 10.2. The Morgan fingerprint density at radius 1 is 1.06 bits per heavy atom. The lowest BCUT2D eigenvalue weighted by atomic mass is 10.1. The lowest BCUT2D eigenvalue weighted by molar-refractivity contribution is -0.137. The van der Waals surface area contributed by atoms with Gasteiger partial charge in [-0.25, -0.2) is 14.2 Å². The van der Waals surface area contributed by atoms with Crippen molar-refractivity contribution in [2.75, 3.05) is 5.32 Å². The van der Waals surface area contributed by atoms with Gasteiger partial charge in [0, 0.05) is 18.0 Å². The minimum atomic E-state index is -1.14. The Kier molecular flexibility index (Phi) is 5.90. The molecular formula is C23H21N5O5. The maximum absolute atomic E-state index is 13.1. The van der Waals surface area contributed by atoms with Crippen molar-refractivity contribution >= 4 is 28.6 Å². The molecule has 2 heterocycles. The van der Waals surface area contributed by atoms with Gasteiger partial charge in [0.25, 0.3) is 0 Å². The van der Waals surface area contributed by atoms with Gasteiger partial charge in [0.2, 0.25) is 5.95 Å². The van der Waals surface area contributed by atoms with Crippen molar-refractivity contribution in [3.63, 3.8) is 0 Å². The van der Waals surface area contributed by atoms with Gasteiger partial charge in [-0.1, -0.05) is 42.0 Å². The minimum absolute atomic E-state index is 0.0666. The molecule has 2 aromatic carbocycles. The third-order valence-electron chi connectivity index (χ3n) is 5.14. The van der Waals surface area contributed by atoms with Crippen LogP contribution in [0.25, 0.3) is 10.9 Å². The van der Waals surface area contributed by atoms with E-state index in [2.05, 4.69) is 15.3 Å². The number of rotatable bonds is 7. The summed E-state index contributed by atoms with van der Waals surface area (Å²) in [6.45, 7) is 1.72. The zero-order valence-electron chi connectivity index (χ0n) is 17.7. The number of aryl methyl sites for hydroxylation is 1. The lowest BCUT2D eigenvalue weighted by Gasteiger charge is -2.15. The van der Waals surface area contributed by atoms with Crippen molar-refractivity contribution in [1.82, 2.24) is 19.1 Å². The molecule has 0 fully saturated rings. The van der Waals surface area contributed by atoms with E-state index in [1.807, 2.05) is 31.2 Å². The van der Waals surface area contributed by atoms with Crippen molar-refractivity contribution in [1.29, 1.82) is 0 Å². The maximum atomic E-state index is 13.1. The van der Waals surface area contributed by atoms with E-state index in [9.17, 15) is 19.2 Å². The summed E-state index contributed by atoms with van der Waals surface area (Å²) in [5.74, 6) is -0.948. The first-order valence-electron chi connectivity index (χ1n) is 10.2. The molecule has 4 aromatic rings. The molecular weight excluding hydrogens is 426 g/mol. The number of hydrogen-bond acceptors (Lipinski definition) is 6. The number of H-pyrrole nitrogens is 1. The molecule has 0 aliphatic rings. The Labute approximate surface area is 186 Å². The highest BCUT2D eigenvalue weighted by molar-refractivity contribution is 5.80. The molecule has 0 unspecified atom stereocenters. The quantitative estimate of drug-likeness (QED) is 0.393. The molecule has 0 spiro atoms. The van der Waals surface area contributed by atoms with Crippen LogP contribution in [-0.2, 0) is 17.9 Å². The van der Waals surface area contributed by atoms with Crippen molar-refractivity contribution in [3.05, 3.63) is 96.9 Å². The molecule has 2 aromatic heterocycles. The van der Waals surface area contributed by atoms with E-state index >= 15 is 0 Å². The van der Waals surface area contributed by atoms with Gasteiger partial charge in [0.15, 0.2) is 5.43 Å². The lowest BCUT2D eigenvalue weighted by Crippen LogP contribution is -2.43. The summed E-state index contributed by atoms with van der Waals surface area (Å²) in [4.78, 5) is 56.1. The number of anilines is 2. The van der Waals surface area contributed by atoms with E-state index in [0.717, 1.165) is 15.7 Å². The second-order valence-corrected chi connectivity index (χ2v) is 7.59. The third-order valence-corrected chi connectivity index (χ3v) is 5.14. The molecule has 0 saturated heterocycles. The molecule has 0 atom stereocenters. The third kappa shape index (κ3) is 4.74. The standard InChI is InChI=1S/C23H21N5O5/c1-14-6-8-15(9-7-14)13-28-21(26-22(32)27(23(28)33)11-10-20(30)31)25-19-12-18(29)16-4-2-3-5-17(16)24-19/h2-9,12H,10-11,13H2,1H3,(H,30,31)(H2,24,25,26,29,32). The maximum Gasteiger partial charge on any atom is 0.354 e. The van der Waals surface area contributed by atoms with E-state index in [1.165, 1.54) is 10.6 Å². The molecule has 0 amide bonds. The van der Waals surface area contributed by atoms with E-state index in [0.29, 0.717) is 10.9 Å². The largest absolute Gasteiger partial charge is 0.481 e. The van der Waals surface area contributed by atoms with Crippen LogP contribution < -0.4 is 22.1 Å². The van der Waals surface area contributed by atoms with E-state index < -0.39 is 23.8 Å². The van der Waals surface area contributed by atoms with Gasteiger partial charge in [-0.05, 0) is 24.6 Å². The van der Waals surface area contributed by atoms with Gasteiger partial charge in [-0.15, -0.1) is 0 Å². The van der Waals surface area contributed by atoms with Crippen molar-refractivity contribution in [2.24, 2.45) is 0 Å². The van der Waals surface area contributed by atoms with Crippen LogP contribution in [-0.4, -0.2) is 30.2 Å². The average Bonchev–Trinajstić information content (AvgIpc) is 2.77. The Bertz CT molecular complexity index is 1520. The molecule has 0 radical (unpaired) electrons. The number of carboxylic acids is 1. The zero-order valence-corrected chi connectivity index (χ0v) is 17.7. The van der Waals surface area contributed by atoms with Crippen molar-refractivity contribution in [3.8, 4) is 0 Å². The van der Waals surface area contributed by atoms with Crippen LogP contribution in [0.4, 0.5) is 11.8 Å². The smallest absolute Gasteiger partial charge is 0.354 e. The van der Waals surface area contributed by atoms with Gasteiger partial charge in [0.05, 0.1) is 18.5 Å². The van der Waals surface area contributed by atoms with Crippen LogP contribution in [0.2, 0.25) is 0 Å². The highest BCUT2D eigenvalue weighted by Gasteiger charge is 2.15. The summed E-state index contributed by atoms with van der Waals surface area (Å²) in [6.07, 6.45) is -0.397. The molecule has 4 rings (SSSR count). The second kappa shape index (κ2) is 8.95. The van der Waals surface area contributed by atoms with Crippen LogP contribution in [0.5, 0.6) is 0 Å². The normalized spacial score (nSPS) is 10.9. The molecule has 10 nitrogen and oxygen atoms in total. The Hall–Kier alpha value is -4.47. The summed E-state index contributed by atoms with van der Waals surface area (Å²) >= 11 is 0. The van der Waals surface area contributed by atoms with E-state index in [-0.39, 0.29) is 30.3 Å². The van der Waals surface area contributed by atoms with Gasteiger partial charge >= 0.3 is 17.3 Å². The van der Waals surface area contributed by atoms with Gasteiger partial charge in [0.1, 0.15) is 5.82 Å². The monoisotopic (exact) mass is 447 g/mol. The number of aromatic amines is 1. The fourth-order valence-electron chi connectivity index (χ4n) is 3.43. The predicted molar refractivity (Wildman–Crippen MR) is 123 cm³/mol. The number of carbonyl (C=O) groups is 1. The average molecular weight is 447 g/mol. The topological polar surface area (TPSA) is 139 Å². The molecule has 0 aliphatic heterocycles. The van der Waals surface area contributed by atoms with Crippen molar-refractivity contribution < 1.29 is 9.90 Å². The molecule has 0 saturated carbocycles. The number of aliphatic carboxylic acids is 1. The van der Waals surface area contributed by atoms with Crippen LogP contribution in [0, 0.1) is 6.92 Å². The highest BCUT2D eigenvalue weighted by Crippen LogP contribution is 2.14. The van der Waals surface area contributed by atoms with Gasteiger partial charge < -0.3 is 15.4 Å².